The first-order valence-corrected chi connectivity index (χ1v) is 6.41. The Hall–Kier alpha value is -1.33. The van der Waals surface area contributed by atoms with Gasteiger partial charge in [0.2, 0.25) is 0 Å². The quantitative estimate of drug-likeness (QED) is 0.729. The summed E-state index contributed by atoms with van der Waals surface area (Å²) in [5.74, 6) is 0. The van der Waals surface area contributed by atoms with E-state index in [1.165, 1.54) is 0 Å². The largest absolute Gasteiger partial charge is 0.393 e. The van der Waals surface area contributed by atoms with E-state index in [1.54, 1.807) is 24.3 Å². The molecule has 0 saturated heterocycles. The lowest BCUT2D eigenvalue weighted by atomic mass is 10.1. The molecule has 0 fully saturated rings. The number of nitrogens with two attached hydrogens (primary N) is 1. The zero-order valence-corrected chi connectivity index (χ0v) is 11.6. The normalized spacial score (nSPS) is 11.7. The van der Waals surface area contributed by atoms with Gasteiger partial charge in [-0.3, -0.25) is 0 Å². The third kappa shape index (κ3) is 5.33. The van der Waals surface area contributed by atoms with Gasteiger partial charge >= 0.3 is 6.03 Å². The van der Waals surface area contributed by atoms with E-state index < -0.39 is 0 Å². The number of nitrogens with one attached hydrogen (secondary N) is 2. The summed E-state index contributed by atoms with van der Waals surface area (Å²) in [5.41, 5.74) is 6.10. The van der Waals surface area contributed by atoms with E-state index in [2.05, 4.69) is 10.6 Å². The number of carbonyl (C=O) groups excluding carboxylic acids is 1. The molecule has 0 aromatic heterocycles. The molecule has 0 spiro atoms. The number of benzene rings is 1. The summed E-state index contributed by atoms with van der Waals surface area (Å²) < 4.78 is 0. The van der Waals surface area contributed by atoms with Crippen molar-refractivity contribution in [2.45, 2.75) is 25.8 Å². The van der Waals surface area contributed by atoms with Crippen LogP contribution in [0.3, 0.4) is 0 Å². The Morgan fingerprint density at radius 2 is 2.28 bits per heavy atom. The molecule has 6 heteroatoms. The van der Waals surface area contributed by atoms with Crippen molar-refractivity contribution >= 4 is 40.5 Å². The summed E-state index contributed by atoms with van der Waals surface area (Å²) in [5, 5.41) is 6.08. The van der Waals surface area contributed by atoms with Crippen molar-refractivity contribution in [1.82, 2.24) is 5.32 Å². The lowest BCUT2D eigenvalue weighted by Gasteiger charge is -2.16. The summed E-state index contributed by atoms with van der Waals surface area (Å²) in [6, 6.07) is 6.61. The van der Waals surface area contributed by atoms with Gasteiger partial charge in [-0.25, -0.2) is 4.79 Å². The molecular weight excluding hydrogens is 270 g/mol. The van der Waals surface area contributed by atoms with Crippen LogP contribution in [0.5, 0.6) is 0 Å². The first-order chi connectivity index (χ1) is 8.51. The van der Waals surface area contributed by atoms with E-state index in [9.17, 15) is 4.79 Å². The summed E-state index contributed by atoms with van der Waals surface area (Å²) >= 11 is 10.7. The Morgan fingerprint density at radius 1 is 1.56 bits per heavy atom. The SMILES string of the molecule is CCC(CC(N)=S)NC(=O)Nc1cccc(Cl)c1. The summed E-state index contributed by atoms with van der Waals surface area (Å²) in [7, 11) is 0. The number of rotatable bonds is 5. The molecule has 4 nitrogen and oxygen atoms in total. The number of anilines is 1. The second-order valence-electron chi connectivity index (χ2n) is 3.88. The Bertz CT molecular complexity index is 439. The maximum absolute atomic E-state index is 11.7. The van der Waals surface area contributed by atoms with E-state index in [0.29, 0.717) is 22.1 Å². The highest BCUT2D eigenvalue weighted by Crippen LogP contribution is 2.14. The van der Waals surface area contributed by atoms with Gasteiger partial charge in [-0.15, -0.1) is 0 Å². The van der Waals surface area contributed by atoms with Crippen LogP contribution in [0.1, 0.15) is 19.8 Å². The van der Waals surface area contributed by atoms with E-state index in [-0.39, 0.29) is 12.1 Å². The fraction of sp³-hybridized carbons (Fsp3) is 0.333. The number of amides is 2. The highest BCUT2D eigenvalue weighted by atomic mass is 35.5. The van der Waals surface area contributed by atoms with Crippen LogP contribution in [0, 0.1) is 0 Å². The predicted molar refractivity (Wildman–Crippen MR) is 79.1 cm³/mol. The van der Waals surface area contributed by atoms with Crippen LogP contribution in [0.2, 0.25) is 5.02 Å². The lowest BCUT2D eigenvalue weighted by molar-refractivity contribution is 0.248. The van der Waals surface area contributed by atoms with Crippen molar-refractivity contribution in [2.75, 3.05) is 5.32 Å². The standard InChI is InChI=1S/C12H16ClN3OS/c1-2-9(7-11(14)18)15-12(17)16-10-5-3-4-8(13)6-10/h3-6,9H,2,7H2,1H3,(H2,14,18)(H2,15,16,17). The summed E-state index contributed by atoms with van der Waals surface area (Å²) in [6.45, 7) is 1.96. The van der Waals surface area contributed by atoms with Gasteiger partial charge in [0, 0.05) is 23.2 Å². The molecule has 1 unspecified atom stereocenters. The minimum absolute atomic E-state index is 0.0540. The van der Waals surface area contributed by atoms with Gasteiger partial charge in [-0.2, -0.15) is 0 Å². The van der Waals surface area contributed by atoms with Crippen LogP contribution >= 0.6 is 23.8 Å². The van der Waals surface area contributed by atoms with Crippen molar-refractivity contribution in [3.05, 3.63) is 29.3 Å². The molecule has 0 aliphatic carbocycles. The first-order valence-electron chi connectivity index (χ1n) is 5.62. The molecule has 1 aromatic carbocycles. The van der Waals surface area contributed by atoms with Gasteiger partial charge in [-0.05, 0) is 24.6 Å². The third-order valence-electron chi connectivity index (χ3n) is 2.36. The zero-order chi connectivity index (χ0) is 13.5. The van der Waals surface area contributed by atoms with Crippen molar-refractivity contribution in [2.24, 2.45) is 5.73 Å². The van der Waals surface area contributed by atoms with Gasteiger partial charge in [0.25, 0.3) is 0 Å². The lowest BCUT2D eigenvalue weighted by Crippen LogP contribution is -2.39. The van der Waals surface area contributed by atoms with E-state index in [4.69, 9.17) is 29.6 Å². The fourth-order valence-corrected chi connectivity index (χ4v) is 1.85. The molecule has 1 atom stereocenters. The van der Waals surface area contributed by atoms with Crippen LogP contribution < -0.4 is 16.4 Å². The van der Waals surface area contributed by atoms with Crippen molar-refractivity contribution in [3.8, 4) is 0 Å². The molecular formula is C12H16ClN3OS. The van der Waals surface area contributed by atoms with Crippen LogP contribution in [0.25, 0.3) is 0 Å². The second-order valence-corrected chi connectivity index (χ2v) is 4.85. The fourth-order valence-electron chi connectivity index (χ4n) is 1.46. The minimum Gasteiger partial charge on any atom is -0.393 e. The summed E-state index contributed by atoms with van der Waals surface area (Å²) in [4.78, 5) is 12.1. The van der Waals surface area contributed by atoms with E-state index in [1.807, 2.05) is 6.92 Å². The van der Waals surface area contributed by atoms with E-state index >= 15 is 0 Å². The van der Waals surface area contributed by atoms with Gasteiger partial charge in [-0.1, -0.05) is 36.8 Å². The number of thiocarbonyl (C=S) groups is 1. The Kier molecular flexibility index (Phi) is 5.88. The van der Waals surface area contributed by atoms with Gasteiger partial charge in [0.15, 0.2) is 0 Å². The monoisotopic (exact) mass is 285 g/mol. The van der Waals surface area contributed by atoms with Crippen molar-refractivity contribution in [1.29, 1.82) is 0 Å². The smallest absolute Gasteiger partial charge is 0.319 e. The Balaban J connectivity index is 2.52. The summed E-state index contributed by atoms with van der Waals surface area (Å²) in [6.07, 6.45) is 1.26. The molecule has 98 valence electrons. The minimum atomic E-state index is -0.291. The third-order valence-corrected chi connectivity index (χ3v) is 2.76. The average molecular weight is 286 g/mol. The second kappa shape index (κ2) is 7.18. The number of hydrogen-bond donors (Lipinski definition) is 3. The highest BCUT2D eigenvalue weighted by Gasteiger charge is 2.11. The average Bonchev–Trinajstić information content (AvgIpc) is 2.27. The molecule has 18 heavy (non-hydrogen) atoms. The van der Waals surface area contributed by atoms with Crippen LogP contribution in [0.15, 0.2) is 24.3 Å². The van der Waals surface area contributed by atoms with Gasteiger partial charge < -0.3 is 16.4 Å². The zero-order valence-electron chi connectivity index (χ0n) is 10.1. The number of halogens is 1. The van der Waals surface area contributed by atoms with Crippen LogP contribution in [0.4, 0.5) is 10.5 Å². The van der Waals surface area contributed by atoms with Crippen molar-refractivity contribution < 1.29 is 4.79 Å². The topological polar surface area (TPSA) is 67.1 Å². The van der Waals surface area contributed by atoms with Crippen molar-refractivity contribution in [3.63, 3.8) is 0 Å². The first kappa shape index (κ1) is 14.7. The predicted octanol–water partition coefficient (Wildman–Crippen LogP) is 2.92. The van der Waals surface area contributed by atoms with Crippen LogP contribution in [-0.4, -0.2) is 17.1 Å². The number of carbonyl (C=O) groups is 1. The molecule has 0 radical (unpaired) electrons. The molecule has 0 aliphatic heterocycles. The Labute approximate surface area is 117 Å². The molecule has 0 aliphatic rings. The molecule has 1 aromatic rings. The number of hydrogen-bond acceptors (Lipinski definition) is 2. The molecule has 1 rings (SSSR count). The molecule has 4 N–H and O–H groups in total. The maximum Gasteiger partial charge on any atom is 0.319 e. The van der Waals surface area contributed by atoms with Crippen LogP contribution in [-0.2, 0) is 0 Å². The maximum atomic E-state index is 11.7. The molecule has 0 saturated carbocycles. The molecule has 0 bridgehead atoms. The molecule has 2 amide bonds. The van der Waals surface area contributed by atoms with Gasteiger partial charge in [0.1, 0.15) is 0 Å². The highest BCUT2D eigenvalue weighted by molar-refractivity contribution is 7.80. The Morgan fingerprint density at radius 3 is 2.83 bits per heavy atom. The number of urea groups is 1. The molecule has 0 heterocycles. The van der Waals surface area contributed by atoms with E-state index in [0.717, 1.165) is 6.42 Å². The van der Waals surface area contributed by atoms with Gasteiger partial charge in [0.05, 0.1) is 4.99 Å².